The summed E-state index contributed by atoms with van der Waals surface area (Å²) in [5.74, 6) is 5.94. The number of rotatable bonds is 10. The van der Waals surface area contributed by atoms with E-state index in [9.17, 15) is 4.79 Å². The van der Waals surface area contributed by atoms with Crippen LogP contribution < -0.4 is 11.2 Å². The first kappa shape index (κ1) is 23.7. The molecular weight excluding hydrogens is 404 g/mol. The number of anilines is 1. The predicted molar refractivity (Wildman–Crippen MR) is 114 cm³/mol. The molecule has 1 aromatic heterocycles. The Morgan fingerprint density at radius 3 is 2.55 bits per heavy atom. The highest BCUT2D eigenvalue weighted by Crippen LogP contribution is 2.09. The van der Waals surface area contributed by atoms with Gasteiger partial charge >= 0.3 is 6.09 Å². The summed E-state index contributed by atoms with van der Waals surface area (Å²) in [6.07, 6.45) is -1.35. The Kier molecular flexibility index (Phi) is 9.36. The summed E-state index contributed by atoms with van der Waals surface area (Å²) >= 11 is 0. The molecule has 0 aliphatic heterocycles. The zero-order valence-electron chi connectivity index (χ0n) is 17.6. The Labute approximate surface area is 180 Å². The number of nitrogens with one attached hydrogen (secondary N) is 2. The summed E-state index contributed by atoms with van der Waals surface area (Å²) in [5.41, 5.74) is 1.46. The second kappa shape index (κ2) is 12.2. The molecule has 1 amide bonds. The Balaban J connectivity index is 2.00. The molecule has 0 bridgehead atoms. The van der Waals surface area contributed by atoms with Crippen molar-refractivity contribution in [1.29, 1.82) is 5.41 Å². The van der Waals surface area contributed by atoms with Crippen LogP contribution in [0.15, 0.2) is 53.7 Å². The number of likely N-dealkylation sites (N-methyl/N-ethyl adjacent to an activating group) is 1. The third-order valence-electron chi connectivity index (χ3n) is 3.91. The largest absolute Gasteiger partial charge is 0.444 e. The molecule has 0 saturated carbocycles. The van der Waals surface area contributed by atoms with E-state index in [1.54, 1.807) is 30.3 Å². The number of hydrazine groups is 1. The van der Waals surface area contributed by atoms with Gasteiger partial charge in [0, 0.05) is 26.8 Å². The van der Waals surface area contributed by atoms with Gasteiger partial charge in [0.1, 0.15) is 12.4 Å². The first-order valence-corrected chi connectivity index (χ1v) is 9.22. The zero-order chi connectivity index (χ0) is 22.6. The molecule has 0 aliphatic carbocycles. The Hall–Kier alpha value is -3.54. The summed E-state index contributed by atoms with van der Waals surface area (Å²) < 4.78 is 14.9. The number of ether oxygens (including phenoxy) is 3. The van der Waals surface area contributed by atoms with Gasteiger partial charge in [-0.15, -0.1) is 0 Å². The van der Waals surface area contributed by atoms with Crippen molar-refractivity contribution in [1.82, 2.24) is 9.99 Å². The number of hydrogen-bond donors (Lipinski definition) is 3. The van der Waals surface area contributed by atoms with Crippen molar-refractivity contribution in [2.45, 2.75) is 12.9 Å². The number of benzene rings is 1. The molecule has 1 aromatic carbocycles. The van der Waals surface area contributed by atoms with Crippen LogP contribution in [0.4, 0.5) is 10.6 Å². The molecule has 11 nitrogen and oxygen atoms in total. The average molecular weight is 430 g/mol. The van der Waals surface area contributed by atoms with E-state index in [4.69, 9.17) is 30.3 Å². The van der Waals surface area contributed by atoms with Crippen molar-refractivity contribution >= 4 is 23.5 Å². The molecule has 4 N–H and O–H groups in total. The number of hydrogen-bond acceptors (Lipinski definition) is 9. The number of amides is 1. The highest BCUT2D eigenvalue weighted by atomic mass is 16.7. The predicted octanol–water partition coefficient (Wildman–Crippen LogP) is 1.95. The van der Waals surface area contributed by atoms with E-state index in [0.717, 1.165) is 5.01 Å². The summed E-state index contributed by atoms with van der Waals surface area (Å²) in [4.78, 5) is 21.6. The van der Waals surface area contributed by atoms with E-state index < -0.39 is 12.4 Å². The second-order valence-corrected chi connectivity index (χ2v) is 6.18. The van der Waals surface area contributed by atoms with Crippen molar-refractivity contribution in [2.75, 3.05) is 33.2 Å². The molecule has 166 valence electrons. The van der Waals surface area contributed by atoms with Gasteiger partial charge in [0.15, 0.2) is 24.4 Å². The molecule has 0 unspecified atom stereocenters. The van der Waals surface area contributed by atoms with Gasteiger partial charge in [0.2, 0.25) is 0 Å². The highest BCUT2D eigenvalue weighted by molar-refractivity contribution is 6.46. The zero-order valence-corrected chi connectivity index (χ0v) is 17.6. The Bertz CT molecular complexity index is 887. The summed E-state index contributed by atoms with van der Waals surface area (Å²) in [6, 6.07) is 14.1. The topological polar surface area (TPSA) is 144 Å². The number of aromatic nitrogens is 1. The third-order valence-corrected chi connectivity index (χ3v) is 3.91. The summed E-state index contributed by atoms with van der Waals surface area (Å²) in [5, 5.41) is 15.8. The van der Waals surface area contributed by atoms with Gasteiger partial charge in [-0.3, -0.25) is 15.7 Å². The molecule has 0 saturated heterocycles. The van der Waals surface area contributed by atoms with Gasteiger partial charge in [0.05, 0.1) is 5.69 Å². The quantitative estimate of drug-likeness (QED) is 0.171. The maximum absolute atomic E-state index is 11.9. The molecule has 2 aromatic rings. The maximum atomic E-state index is 11.9. The fraction of sp³-hybridized carbons (Fsp3) is 0.300. The Morgan fingerprint density at radius 1 is 1.19 bits per heavy atom. The van der Waals surface area contributed by atoms with E-state index in [1.165, 1.54) is 21.3 Å². The van der Waals surface area contributed by atoms with Gasteiger partial charge in [-0.25, -0.2) is 15.6 Å². The number of amidine groups is 1. The number of nitrogens with zero attached hydrogens (tertiary/aromatic N) is 3. The third kappa shape index (κ3) is 7.66. The van der Waals surface area contributed by atoms with Crippen LogP contribution in [0.25, 0.3) is 0 Å². The van der Waals surface area contributed by atoms with Crippen molar-refractivity contribution in [2.24, 2.45) is 11.0 Å². The highest BCUT2D eigenvalue weighted by Gasteiger charge is 2.14. The number of nitrogens with two attached hydrogens (primary N) is 1. The van der Waals surface area contributed by atoms with Crippen LogP contribution in [-0.4, -0.2) is 61.8 Å². The molecular formula is C20H26N6O5. The van der Waals surface area contributed by atoms with Crippen molar-refractivity contribution < 1.29 is 23.8 Å². The number of pyridine rings is 1. The van der Waals surface area contributed by atoms with Gasteiger partial charge < -0.3 is 19.0 Å². The van der Waals surface area contributed by atoms with Crippen LogP contribution in [0, 0.1) is 5.41 Å². The molecule has 0 aliphatic rings. The second-order valence-electron chi connectivity index (χ2n) is 6.18. The lowest BCUT2D eigenvalue weighted by Gasteiger charge is -2.15. The van der Waals surface area contributed by atoms with Crippen molar-refractivity contribution in [3.63, 3.8) is 0 Å². The van der Waals surface area contributed by atoms with E-state index in [-0.39, 0.29) is 30.6 Å². The van der Waals surface area contributed by atoms with Gasteiger partial charge in [-0.1, -0.05) is 41.6 Å². The van der Waals surface area contributed by atoms with E-state index in [2.05, 4.69) is 15.5 Å². The lowest BCUT2D eigenvalue weighted by Crippen LogP contribution is -2.38. The fourth-order valence-electron chi connectivity index (χ4n) is 2.30. The monoisotopic (exact) mass is 430 g/mol. The SMILES string of the molecule is COC(COC(=O)Nc1cccc(CO/N=C(\C(=N)N(C)N)c2ccccc2)n1)OC. The molecule has 0 atom stereocenters. The van der Waals surface area contributed by atoms with E-state index in [1.807, 2.05) is 18.2 Å². The van der Waals surface area contributed by atoms with Gasteiger partial charge in [-0.2, -0.15) is 0 Å². The lowest BCUT2D eigenvalue weighted by molar-refractivity contribution is -0.127. The minimum absolute atomic E-state index is 0.0113. The first-order valence-electron chi connectivity index (χ1n) is 9.22. The summed E-state index contributed by atoms with van der Waals surface area (Å²) in [6.45, 7) is -0.0575. The number of methoxy groups -OCH3 is 2. The van der Waals surface area contributed by atoms with Crippen molar-refractivity contribution in [3.05, 3.63) is 59.8 Å². The lowest BCUT2D eigenvalue weighted by atomic mass is 10.1. The first-order chi connectivity index (χ1) is 14.9. The van der Waals surface area contributed by atoms with Gasteiger partial charge in [-0.05, 0) is 12.1 Å². The summed E-state index contributed by atoms with van der Waals surface area (Å²) in [7, 11) is 4.43. The van der Waals surface area contributed by atoms with Crippen molar-refractivity contribution in [3.8, 4) is 0 Å². The van der Waals surface area contributed by atoms with Crippen LogP contribution in [-0.2, 0) is 25.7 Å². The molecule has 0 spiro atoms. The van der Waals surface area contributed by atoms with Crippen LogP contribution in [0.3, 0.4) is 0 Å². The minimum Gasteiger partial charge on any atom is -0.444 e. The minimum atomic E-state index is -0.700. The standard InChI is InChI=1S/C20H26N6O5/c1-26(22)19(21)18(14-8-5-4-6-9-14)25-31-12-15-10-7-11-16(23-15)24-20(27)30-13-17(28-2)29-3/h4-11,17,21H,12-13,22H2,1-3H3,(H,23,24,27)/b21-19?,25-18-. The molecule has 0 fully saturated rings. The number of carbonyl (C=O) groups excluding carboxylic acids is 1. The maximum Gasteiger partial charge on any atom is 0.412 e. The van der Waals surface area contributed by atoms with Gasteiger partial charge in [0.25, 0.3) is 0 Å². The molecule has 0 radical (unpaired) electrons. The normalized spacial score (nSPS) is 11.2. The smallest absolute Gasteiger partial charge is 0.412 e. The molecule has 2 rings (SSSR count). The number of oxime groups is 1. The average Bonchev–Trinajstić information content (AvgIpc) is 2.78. The van der Waals surface area contributed by atoms with Crippen LogP contribution in [0.5, 0.6) is 0 Å². The number of carbonyl (C=O) groups is 1. The molecule has 31 heavy (non-hydrogen) atoms. The van der Waals surface area contributed by atoms with E-state index >= 15 is 0 Å². The Morgan fingerprint density at radius 2 is 1.90 bits per heavy atom. The van der Waals surface area contributed by atoms with Crippen LogP contribution in [0.1, 0.15) is 11.3 Å². The fourth-order valence-corrected chi connectivity index (χ4v) is 2.30. The van der Waals surface area contributed by atoms with E-state index in [0.29, 0.717) is 11.3 Å². The molecule has 1 heterocycles. The molecule has 11 heteroatoms. The van der Waals surface area contributed by atoms with Crippen LogP contribution in [0.2, 0.25) is 0 Å². The van der Waals surface area contributed by atoms with Crippen LogP contribution >= 0.6 is 0 Å².